The first-order chi connectivity index (χ1) is 9.56. The van der Waals surface area contributed by atoms with Gasteiger partial charge in [0.2, 0.25) is 5.91 Å². The maximum atomic E-state index is 11.9. The minimum Gasteiger partial charge on any atom is -0.391 e. The zero-order chi connectivity index (χ0) is 14.5. The summed E-state index contributed by atoms with van der Waals surface area (Å²) in [5.74, 6) is -0.151. The van der Waals surface area contributed by atoms with Crippen LogP contribution in [-0.2, 0) is 4.79 Å². The summed E-state index contributed by atoms with van der Waals surface area (Å²) in [5, 5.41) is 20.0. The number of rotatable bonds is 3. The van der Waals surface area contributed by atoms with E-state index in [0.717, 1.165) is 18.4 Å². The lowest BCUT2D eigenvalue weighted by atomic mass is 10.1. The van der Waals surface area contributed by atoms with Crippen molar-refractivity contribution in [3.8, 4) is 0 Å². The third-order valence-electron chi connectivity index (χ3n) is 3.23. The number of nitrogens with zero attached hydrogens (tertiary/aromatic N) is 2. The van der Waals surface area contributed by atoms with Gasteiger partial charge in [-0.1, -0.05) is 0 Å². The van der Waals surface area contributed by atoms with Crippen LogP contribution in [0.1, 0.15) is 18.4 Å². The first kappa shape index (κ1) is 14.2. The van der Waals surface area contributed by atoms with E-state index in [4.69, 9.17) is 0 Å². The number of likely N-dealkylation sites (tertiary alicyclic amines) is 1. The second-order valence-electron chi connectivity index (χ2n) is 4.76. The third-order valence-corrected chi connectivity index (χ3v) is 3.23. The fourth-order valence-electron chi connectivity index (χ4n) is 2.13. The molecule has 106 valence electrons. The van der Waals surface area contributed by atoms with Gasteiger partial charge in [0.1, 0.15) is 0 Å². The normalized spacial score (nSPS) is 19.2. The second kappa shape index (κ2) is 6.29. The fourth-order valence-corrected chi connectivity index (χ4v) is 2.13. The Hall–Kier alpha value is -2.21. The lowest BCUT2D eigenvalue weighted by Crippen LogP contribution is -2.41. The van der Waals surface area contributed by atoms with Gasteiger partial charge in [0.05, 0.1) is 11.0 Å². The summed E-state index contributed by atoms with van der Waals surface area (Å²) in [6.45, 7) is 1.02. The molecular formula is C14H16N2O4. The molecule has 1 aliphatic heterocycles. The predicted octanol–water partition coefficient (Wildman–Crippen LogP) is 1.59. The monoisotopic (exact) mass is 276 g/mol. The van der Waals surface area contributed by atoms with Crippen LogP contribution in [0.4, 0.5) is 5.69 Å². The number of nitro benzene ring substituents is 1. The van der Waals surface area contributed by atoms with Gasteiger partial charge in [-0.2, -0.15) is 0 Å². The Morgan fingerprint density at radius 2 is 2.10 bits per heavy atom. The molecule has 1 aliphatic rings. The van der Waals surface area contributed by atoms with E-state index in [2.05, 4.69) is 0 Å². The molecule has 1 atom stereocenters. The van der Waals surface area contributed by atoms with Crippen molar-refractivity contribution in [1.82, 2.24) is 4.90 Å². The van der Waals surface area contributed by atoms with Crippen LogP contribution in [0.25, 0.3) is 6.08 Å². The standard InChI is InChI=1S/C14H16N2O4/c17-13-2-1-9-15(10-13)14(18)8-5-11-3-6-12(7-4-11)16(19)20/h3-8,13,17H,1-2,9-10H2/b8-5+/t13-/m0/s1. The van der Waals surface area contributed by atoms with Crippen LogP contribution in [0.5, 0.6) is 0 Å². The number of hydrogen-bond donors (Lipinski definition) is 1. The molecule has 0 bridgehead atoms. The number of aliphatic hydroxyl groups excluding tert-OH is 1. The van der Waals surface area contributed by atoms with Crippen molar-refractivity contribution in [3.63, 3.8) is 0 Å². The molecule has 1 heterocycles. The number of β-amino-alcohol motifs (C(OH)–C–C–N with tert-alkyl or cyclic N) is 1. The molecule has 0 radical (unpaired) electrons. The highest BCUT2D eigenvalue weighted by atomic mass is 16.6. The second-order valence-corrected chi connectivity index (χ2v) is 4.76. The number of non-ortho nitro benzene ring substituents is 1. The molecule has 0 aliphatic carbocycles. The summed E-state index contributed by atoms with van der Waals surface area (Å²) < 4.78 is 0. The average molecular weight is 276 g/mol. The summed E-state index contributed by atoms with van der Waals surface area (Å²) in [6.07, 6.45) is 4.14. The Morgan fingerprint density at radius 3 is 2.70 bits per heavy atom. The van der Waals surface area contributed by atoms with Gasteiger partial charge in [-0.15, -0.1) is 0 Å². The highest BCUT2D eigenvalue weighted by molar-refractivity contribution is 5.91. The Bertz CT molecular complexity index is 524. The number of amides is 1. The minimum atomic E-state index is -0.465. The van der Waals surface area contributed by atoms with Crippen LogP contribution < -0.4 is 0 Å². The van der Waals surface area contributed by atoms with Crippen LogP contribution in [0.2, 0.25) is 0 Å². The molecule has 1 aromatic rings. The SMILES string of the molecule is O=C(/C=C/c1ccc([N+](=O)[O-])cc1)N1CCC[C@H](O)C1. The molecule has 0 spiro atoms. The van der Waals surface area contributed by atoms with Gasteiger partial charge in [-0.25, -0.2) is 0 Å². The highest BCUT2D eigenvalue weighted by Crippen LogP contribution is 2.14. The molecule has 1 amide bonds. The Morgan fingerprint density at radius 1 is 1.40 bits per heavy atom. The maximum Gasteiger partial charge on any atom is 0.269 e. The largest absolute Gasteiger partial charge is 0.391 e. The zero-order valence-electron chi connectivity index (χ0n) is 10.9. The van der Waals surface area contributed by atoms with Crippen LogP contribution in [0.15, 0.2) is 30.3 Å². The molecule has 0 saturated carbocycles. The molecule has 0 unspecified atom stereocenters. The fraction of sp³-hybridized carbons (Fsp3) is 0.357. The predicted molar refractivity (Wildman–Crippen MR) is 74.0 cm³/mol. The first-order valence-electron chi connectivity index (χ1n) is 6.46. The molecular weight excluding hydrogens is 260 g/mol. The molecule has 2 rings (SSSR count). The van der Waals surface area contributed by atoms with Gasteiger partial charge < -0.3 is 10.0 Å². The van der Waals surface area contributed by atoms with Crippen molar-refractivity contribution in [2.45, 2.75) is 18.9 Å². The number of benzene rings is 1. The summed E-state index contributed by atoms with van der Waals surface area (Å²) >= 11 is 0. The van der Waals surface area contributed by atoms with Gasteiger partial charge in [-0.3, -0.25) is 14.9 Å². The Balaban J connectivity index is 1.97. The zero-order valence-corrected chi connectivity index (χ0v) is 10.9. The summed E-state index contributed by atoms with van der Waals surface area (Å²) in [5.41, 5.74) is 0.745. The van der Waals surface area contributed by atoms with E-state index in [0.29, 0.717) is 13.1 Å². The third kappa shape index (κ3) is 3.64. The van der Waals surface area contributed by atoms with Crippen molar-refractivity contribution in [1.29, 1.82) is 0 Å². The first-order valence-corrected chi connectivity index (χ1v) is 6.46. The lowest BCUT2D eigenvalue weighted by Gasteiger charge is -2.29. The van der Waals surface area contributed by atoms with E-state index in [9.17, 15) is 20.0 Å². The maximum absolute atomic E-state index is 11.9. The average Bonchev–Trinajstić information content (AvgIpc) is 2.45. The molecule has 1 fully saturated rings. The molecule has 0 aromatic heterocycles. The molecule has 1 saturated heterocycles. The van der Waals surface area contributed by atoms with Crippen LogP contribution in [0, 0.1) is 10.1 Å². The molecule has 6 nitrogen and oxygen atoms in total. The van der Waals surface area contributed by atoms with E-state index in [1.54, 1.807) is 23.1 Å². The van der Waals surface area contributed by atoms with E-state index in [1.807, 2.05) is 0 Å². The van der Waals surface area contributed by atoms with E-state index < -0.39 is 11.0 Å². The molecule has 1 N–H and O–H groups in total. The molecule has 1 aromatic carbocycles. The molecule has 6 heteroatoms. The van der Waals surface area contributed by atoms with Crippen molar-refractivity contribution >= 4 is 17.7 Å². The number of carbonyl (C=O) groups is 1. The molecule has 20 heavy (non-hydrogen) atoms. The smallest absolute Gasteiger partial charge is 0.269 e. The van der Waals surface area contributed by atoms with Crippen molar-refractivity contribution in [2.24, 2.45) is 0 Å². The topological polar surface area (TPSA) is 83.7 Å². The lowest BCUT2D eigenvalue weighted by molar-refractivity contribution is -0.384. The number of nitro groups is 1. The Kier molecular flexibility index (Phi) is 4.47. The number of piperidine rings is 1. The van der Waals surface area contributed by atoms with Gasteiger partial charge in [0.25, 0.3) is 5.69 Å². The quantitative estimate of drug-likeness (QED) is 0.516. The van der Waals surface area contributed by atoms with Crippen molar-refractivity contribution in [3.05, 3.63) is 46.0 Å². The van der Waals surface area contributed by atoms with Gasteiger partial charge in [0, 0.05) is 31.3 Å². The van der Waals surface area contributed by atoms with E-state index in [1.165, 1.54) is 18.2 Å². The Labute approximate surface area is 116 Å². The number of hydrogen-bond acceptors (Lipinski definition) is 4. The summed E-state index contributed by atoms with van der Waals surface area (Å²) in [7, 11) is 0. The number of carbonyl (C=O) groups excluding carboxylic acids is 1. The highest BCUT2D eigenvalue weighted by Gasteiger charge is 2.20. The minimum absolute atomic E-state index is 0.0210. The van der Waals surface area contributed by atoms with Crippen LogP contribution in [0.3, 0.4) is 0 Å². The van der Waals surface area contributed by atoms with E-state index >= 15 is 0 Å². The summed E-state index contributed by atoms with van der Waals surface area (Å²) in [4.78, 5) is 23.6. The van der Waals surface area contributed by atoms with Gasteiger partial charge >= 0.3 is 0 Å². The van der Waals surface area contributed by atoms with E-state index in [-0.39, 0.29) is 11.6 Å². The van der Waals surface area contributed by atoms with Crippen molar-refractivity contribution < 1.29 is 14.8 Å². The van der Waals surface area contributed by atoms with Crippen LogP contribution in [-0.4, -0.2) is 40.0 Å². The summed E-state index contributed by atoms with van der Waals surface area (Å²) in [6, 6.07) is 5.98. The number of aliphatic hydroxyl groups is 1. The van der Waals surface area contributed by atoms with Crippen LogP contribution >= 0.6 is 0 Å². The van der Waals surface area contributed by atoms with Crippen molar-refractivity contribution in [2.75, 3.05) is 13.1 Å². The van der Waals surface area contributed by atoms with Gasteiger partial charge in [-0.05, 0) is 36.6 Å². The van der Waals surface area contributed by atoms with Gasteiger partial charge in [0.15, 0.2) is 0 Å².